The first-order valence-electron chi connectivity index (χ1n) is 9.70. The lowest BCUT2D eigenvalue weighted by molar-refractivity contribution is -0.120. The zero-order valence-electron chi connectivity index (χ0n) is 15.8. The fourth-order valence-electron chi connectivity index (χ4n) is 3.64. The first-order chi connectivity index (χ1) is 14.2. The highest BCUT2D eigenvalue weighted by Gasteiger charge is 2.34. The Morgan fingerprint density at radius 2 is 1.86 bits per heavy atom. The van der Waals surface area contributed by atoms with Crippen LogP contribution < -0.4 is 15.1 Å². The molecule has 2 aliphatic rings. The number of halogens is 1. The molecule has 5 rings (SSSR count). The van der Waals surface area contributed by atoms with Crippen molar-refractivity contribution in [3.63, 3.8) is 0 Å². The molecule has 1 N–H and O–H groups in total. The topological polar surface area (TPSA) is 57.7 Å². The number of hydrogen-bond donors (Lipinski definition) is 1. The van der Waals surface area contributed by atoms with Gasteiger partial charge in [0.25, 0.3) is 0 Å². The van der Waals surface area contributed by atoms with E-state index in [0.717, 1.165) is 53.0 Å². The summed E-state index contributed by atoms with van der Waals surface area (Å²) in [4.78, 5) is 21.4. The summed E-state index contributed by atoms with van der Waals surface area (Å²) in [5, 5.41) is 3.84. The quantitative estimate of drug-likeness (QED) is 0.712. The van der Waals surface area contributed by atoms with Crippen LogP contribution in [0.15, 0.2) is 42.5 Å². The van der Waals surface area contributed by atoms with Crippen LogP contribution >= 0.6 is 11.3 Å². The summed E-state index contributed by atoms with van der Waals surface area (Å²) in [6.07, 6.45) is 0. The van der Waals surface area contributed by atoms with Gasteiger partial charge in [0, 0.05) is 37.6 Å². The van der Waals surface area contributed by atoms with Crippen molar-refractivity contribution in [1.82, 2.24) is 4.98 Å². The van der Waals surface area contributed by atoms with E-state index in [1.165, 1.54) is 23.5 Å². The maximum atomic E-state index is 13.4. The summed E-state index contributed by atoms with van der Waals surface area (Å²) < 4.78 is 19.6. The van der Waals surface area contributed by atoms with E-state index in [9.17, 15) is 9.18 Å². The molecule has 2 saturated heterocycles. The number of ether oxygens (including phenoxy) is 1. The second-order valence-electron chi connectivity index (χ2n) is 7.35. The normalized spacial score (nSPS) is 17.4. The van der Waals surface area contributed by atoms with E-state index in [0.29, 0.717) is 13.1 Å². The van der Waals surface area contributed by atoms with E-state index in [-0.39, 0.29) is 17.6 Å². The van der Waals surface area contributed by atoms with Gasteiger partial charge in [0.05, 0.1) is 29.3 Å². The smallest absolute Gasteiger partial charge is 0.231 e. The molecule has 150 valence electrons. The molecule has 2 aliphatic heterocycles. The van der Waals surface area contributed by atoms with Crippen LogP contribution in [0.3, 0.4) is 0 Å². The Hall–Kier alpha value is -2.71. The van der Waals surface area contributed by atoms with E-state index in [1.54, 1.807) is 6.07 Å². The van der Waals surface area contributed by atoms with E-state index in [1.807, 2.05) is 24.3 Å². The molecule has 3 aromatic rings. The first-order valence-corrected chi connectivity index (χ1v) is 10.5. The number of anilines is 3. The van der Waals surface area contributed by atoms with Crippen molar-refractivity contribution in [2.75, 3.05) is 54.5 Å². The molecule has 2 aromatic carbocycles. The maximum Gasteiger partial charge on any atom is 0.231 e. The molecule has 1 amide bonds. The average molecular weight is 412 g/mol. The lowest BCUT2D eigenvalue weighted by Gasteiger charge is -2.38. The highest BCUT2D eigenvalue weighted by molar-refractivity contribution is 7.22. The summed E-state index contributed by atoms with van der Waals surface area (Å²) in [6.45, 7) is 4.53. The van der Waals surface area contributed by atoms with Crippen molar-refractivity contribution in [2.45, 2.75) is 0 Å². The number of nitrogens with one attached hydrogen (secondary N) is 1. The Balaban J connectivity index is 1.17. The van der Waals surface area contributed by atoms with Crippen LogP contribution in [0.5, 0.6) is 0 Å². The Bertz CT molecular complexity index is 1030. The molecular formula is C21H21FN4O2S. The number of fused-ring (bicyclic) bond motifs is 1. The van der Waals surface area contributed by atoms with Crippen LogP contribution in [0.25, 0.3) is 10.2 Å². The van der Waals surface area contributed by atoms with Crippen LogP contribution in [0.4, 0.5) is 20.9 Å². The van der Waals surface area contributed by atoms with Crippen molar-refractivity contribution < 1.29 is 13.9 Å². The van der Waals surface area contributed by atoms with Crippen LogP contribution in [0.1, 0.15) is 0 Å². The largest absolute Gasteiger partial charge is 0.378 e. The SMILES string of the molecule is O=C(Nc1ccc(N2CCOCC2)cc1)C1CN(c2nc3ccc(F)cc3s2)C1. The van der Waals surface area contributed by atoms with Gasteiger partial charge in [-0.15, -0.1) is 0 Å². The molecule has 0 unspecified atom stereocenters. The van der Waals surface area contributed by atoms with Gasteiger partial charge in [0.1, 0.15) is 5.82 Å². The number of rotatable bonds is 4. The van der Waals surface area contributed by atoms with Gasteiger partial charge in [-0.1, -0.05) is 11.3 Å². The Labute approximate surface area is 171 Å². The fraction of sp³-hybridized carbons (Fsp3) is 0.333. The minimum Gasteiger partial charge on any atom is -0.378 e. The van der Waals surface area contributed by atoms with Crippen molar-refractivity contribution >= 4 is 44.0 Å². The zero-order valence-corrected chi connectivity index (χ0v) is 16.6. The molecule has 0 atom stereocenters. The molecular weight excluding hydrogens is 391 g/mol. The second kappa shape index (κ2) is 7.61. The van der Waals surface area contributed by atoms with E-state index < -0.39 is 0 Å². The minimum atomic E-state index is -0.256. The van der Waals surface area contributed by atoms with Gasteiger partial charge < -0.3 is 19.9 Å². The standard InChI is InChI=1S/C21H21FN4O2S/c22-15-1-6-18-19(11-15)29-21(24-18)26-12-14(13-26)20(27)23-16-2-4-17(5-3-16)25-7-9-28-10-8-25/h1-6,11,14H,7-10,12-13H2,(H,23,27). The highest BCUT2D eigenvalue weighted by atomic mass is 32.1. The molecule has 29 heavy (non-hydrogen) atoms. The second-order valence-corrected chi connectivity index (χ2v) is 8.36. The Morgan fingerprint density at radius 3 is 2.62 bits per heavy atom. The fourth-order valence-corrected chi connectivity index (χ4v) is 4.65. The van der Waals surface area contributed by atoms with Crippen LogP contribution in [0.2, 0.25) is 0 Å². The number of thiazole rings is 1. The Morgan fingerprint density at radius 1 is 1.10 bits per heavy atom. The number of benzene rings is 2. The summed E-state index contributed by atoms with van der Waals surface area (Å²) in [5.74, 6) is -0.307. The number of hydrogen-bond acceptors (Lipinski definition) is 6. The van der Waals surface area contributed by atoms with Gasteiger partial charge >= 0.3 is 0 Å². The highest BCUT2D eigenvalue weighted by Crippen LogP contribution is 2.33. The third-order valence-electron chi connectivity index (χ3n) is 5.37. The molecule has 2 fully saturated rings. The zero-order chi connectivity index (χ0) is 19.8. The van der Waals surface area contributed by atoms with Crippen molar-refractivity contribution in [1.29, 1.82) is 0 Å². The van der Waals surface area contributed by atoms with Gasteiger partial charge in [0.2, 0.25) is 5.91 Å². The molecule has 8 heteroatoms. The molecule has 6 nitrogen and oxygen atoms in total. The van der Waals surface area contributed by atoms with Crippen molar-refractivity contribution in [3.8, 4) is 0 Å². The van der Waals surface area contributed by atoms with E-state index >= 15 is 0 Å². The number of carbonyl (C=O) groups is 1. The third kappa shape index (κ3) is 3.77. The van der Waals surface area contributed by atoms with E-state index in [4.69, 9.17) is 4.74 Å². The predicted molar refractivity (Wildman–Crippen MR) is 113 cm³/mol. The van der Waals surface area contributed by atoms with Crippen molar-refractivity contribution in [2.24, 2.45) is 5.92 Å². The number of amides is 1. The third-order valence-corrected chi connectivity index (χ3v) is 6.45. The lowest BCUT2D eigenvalue weighted by Crippen LogP contribution is -2.52. The number of aromatic nitrogens is 1. The molecule has 0 radical (unpaired) electrons. The van der Waals surface area contributed by atoms with Crippen LogP contribution in [-0.2, 0) is 9.53 Å². The molecule has 1 aromatic heterocycles. The number of carbonyl (C=O) groups excluding carboxylic acids is 1. The number of morpholine rings is 1. The molecule has 0 aliphatic carbocycles. The summed E-state index contributed by atoms with van der Waals surface area (Å²) in [5.41, 5.74) is 2.74. The monoisotopic (exact) mass is 412 g/mol. The summed E-state index contributed by atoms with van der Waals surface area (Å²) >= 11 is 1.46. The van der Waals surface area contributed by atoms with Gasteiger partial charge in [-0.25, -0.2) is 9.37 Å². The van der Waals surface area contributed by atoms with Gasteiger partial charge in [-0.3, -0.25) is 4.79 Å². The average Bonchev–Trinajstić information content (AvgIpc) is 3.10. The van der Waals surface area contributed by atoms with E-state index in [2.05, 4.69) is 20.1 Å². The molecule has 3 heterocycles. The molecule has 0 spiro atoms. The van der Waals surface area contributed by atoms with Crippen molar-refractivity contribution in [3.05, 3.63) is 48.3 Å². The van der Waals surface area contributed by atoms with Crippen LogP contribution in [0, 0.1) is 11.7 Å². The van der Waals surface area contributed by atoms with Gasteiger partial charge in [-0.05, 0) is 42.5 Å². The number of nitrogens with zero attached hydrogens (tertiary/aromatic N) is 3. The molecule has 0 bridgehead atoms. The lowest BCUT2D eigenvalue weighted by atomic mass is 10.00. The maximum absolute atomic E-state index is 13.4. The molecule has 0 saturated carbocycles. The Kier molecular flexibility index (Phi) is 4.81. The summed E-state index contributed by atoms with van der Waals surface area (Å²) in [6, 6.07) is 12.6. The summed E-state index contributed by atoms with van der Waals surface area (Å²) in [7, 11) is 0. The van der Waals surface area contributed by atoms with Crippen LogP contribution in [-0.4, -0.2) is 50.3 Å². The predicted octanol–water partition coefficient (Wildman–Crippen LogP) is 3.35. The van der Waals surface area contributed by atoms with Gasteiger partial charge in [0.15, 0.2) is 5.13 Å². The first kappa shape index (κ1) is 18.3. The van der Waals surface area contributed by atoms with Gasteiger partial charge in [-0.2, -0.15) is 0 Å². The minimum absolute atomic E-state index is 0.0209.